The van der Waals surface area contributed by atoms with Crippen molar-refractivity contribution >= 4 is 23.6 Å². The normalized spacial score (nSPS) is 18.0. The number of amides is 2. The van der Waals surface area contributed by atoms with Gasteiger partial charge < -0.3 is 24.4 Å². The van der Waals surface area contributed by atoms with Crippen molar-refractivity contribution in [2.45, 2.75) is 59.5 Å². The lowest BCUT2D eigenvalue weighted by molar-refractivity contribution is -0.143. The third-order valence-corrected chi connectivity index (χ3v) is 9.04. The summed E-state index contributed by atoms with van der Waals surface area (Å²) in [6.07, 6.45) is -0.313. The molecular weight excluding hydrogens is 627 g/mol. The maximum Gasteiger partial charge on any atom is 0.407 e. The maximum atomic E-state index is 15.2. The molecule has 0 bridgehead atoms. The Hall–Kier alpha value is -4.73. The summed E-state index contributed by atoms with van der Waals surface area (Å²) in [7, 11) is 3.01. The maximum absolute atomic E-state index is 15.2. The van der Waals surface area contributed by atoms with Crippen LogP contribution >= 0.6 is 0 Å². The SMILES string of the molecule is COc1cccc(C(=O)C2CN(C(=O)C(C)(C)CCNC(=O)OC(C)(C)C)CC(C(=O)c3cccc(OC)c3)C2c2cccc(F)c2C)c1. The standard InChI is InChI=1S/C39H47FN2O7/c1-24-29(16-11-17-32(24)40)33-30(34(43)25-12-9-14-27(20-25)47-7)22-42(23-31(33)35(44)26-13-10-15-28(21-26)48-8)36(45)39(5,6)18-19-41-37(46)49-38(2,3)4/h9-17,20-21,30-31,33H,18-19,22-23H2,1-8H3,(H,41,46). The van der Waals surface area contributed by atoms with Crippen molar-refractivity contribution in [2.24, 2.45) is 17.3 Å². The lowest BCUT2D eigenvalue weighted by Crippen LogP contribution is -2.55. The molecule has 10 heteroatoms. The van der Waals surface area contributed by atoms with E-state index in [4.69, 9.17) is 14.2 Å². The summed E-state index contributed by atoms with van der Waals surface area (Å²) in [4.78, 5) is 57.3. The number of carbonyl (C=O) groups is 4. The highest BCUT2D eigenvalue weighted by Gasteiger charge is 2.48. The quantitative estimate of drug-likeness (QED) is 0.218. The van der Waals surface area contributed by atoms with Crippen molar-refractivity contribution in [1.82, 2.24) is 10.2 Å². The molecule has 1 aliphatic heterocycles. The van der Waals surface area contributed by atoms with Crippen LogP contribution in [-0.2, 0) is 9.53 Å². The Morgan fingerprint density at radius 3 is 1.82 bits per heavy atom. The topological polar surface area (TPSA) is 111 Å². The smallest absolute Gasteiger partial charge is 0.407 e. The number of likely N-dealkylation sites (tertiary alicyclic amines) is 1. The molecule has 2 amide bonds. The molecule has 0 aromatic heterocycles. The first-order chi connectivity index (χ1) is 23.1. The van der Waals surface area contributed by atoms with Crippen LogP contribution in [0, 0.1) is 30.0 Å². The summed E-state index contributed by atoms with van der Waals surface area (Å²) in [6.45, 7) is 10.7. The van der Waals surface area contributed by atoms with Crippen molar-refractivity contribution in [3.05, 3.63) is 94.8 Å². The highest BCUT2D eigenvalue weighted by Crippen LogP contribution is 2.44. The average Bonchev–Trinajstić information content (AvgIpc) is 3.07. The van der Waals surface area contributed by atoms with Gasteiger partial charge in [-0.25, -0.2) is 9.18 Å². The zero-order valence-corrected chi connectivity index (χ0v) is 29.6. The number of hydrogen-bond donors (Lipinski definition) is 1. The van der Waals surface area contributed by atoms with Gasteiger partial charge >= 0.3 is 6.09 Å². The van der Waals surface area contributed by atoms with E-state index >= 15 is 4.39 Å². The number of hydrogen-bond acceptors (Lipinski definition) is 7. The zero-order chi connectivity index (χ0) is 36.1. The van der Waals surface area contributed by atoms with Crippen molar-refractivity contribution in [2.75, 3.05) is 33.9 Å². The van der Waals surface area contributed by atoms with Gasteiger partial charge in [0.15, 0.2) is 11.6 Å². The van der Waals surface area contributed by atoms with E-state index in [1.54, 1.807) is 107 Å². The number of benzene rings is 3. The highest BCUT2D eigenvalue weighted by molar-refractivity contribution is 6.03. The summed E-state index contributed by atoms with van der Waals surface area (Å²) < 4.78 is 31.3. The van der Waals surface area contributed by atoms with Crippen LogP contribution in [0.2, 0.25) is 0 Å². The third-order valence-electron chi connectivity index (χ3n) is 9.04. The second-order valence-corrected chi connectivity index (χ2v) is 14.2. The van der Waals surface area contributed by atoms with Gasteiger partial charge in [-0.05, 0) is 75.6 Å². The first-order valence-corrected chi connectivity index (χ1v) is 16.4. The van der Waals surface area contributed by atoms with E-state index in [1.807, 2.05) is 0 Å². The van der Waals surface area contributed by atoms with Crippen LogP contribution in [-0.4, -0.2) is 67.9 Å². The molecule has 0 radical (unpaired) electrons. The minimum absolute atomic E-state index is 0.000309. The van der Waals surface area contributed by atoms with Crippen LogP contribution in [0.3, 0.4) is 0 Å². The lowest BCUT2D eigenvalue weighted by atomic mass is 9.67. The number of nitrogens with zero attached hydrogens (tertiary/aromatic N) is 1. The second kappa shape index (κ2) is 15.2. The van der Waals surface area contributed by atoms with E-state index < -0.39 is 40.7 Å². The lowest BCUT2D eigenvalue weighted by Gasteiger charge is -2.45. The Morgan fingerprint density at radius 2 is 1.33 bits per heavy atom. The van der Waals surface area contributed by atoms with Crippen LogP contribution in [0.25, 0.3) is 0 Å². The van der Waals surface area contributed by atoms with E-state index in [-0.39, 0.29) is 43.5 Å². The number of ketones is 2. The fraction of sp³-hybridized carbons (Fsp3) is 0.436. The van der Waals surface area contributed by atoms with E-state index in [9.17, 15) is 19.2 Å². The van der Waals surface area contributed by atoms with Gasteiger partial charge in [-0.15, -0.1) is 0 Å². The fourth-order valence-electron chi connectivity index (χ4n) is 6.44. The van der Waals surface area contributed by atoms with Crippen molar-refractivity contribution < 1.29 is 37.8 Å². The number of alkyl carbamates (subject to hydrolysis) is 1. The Labute approximate surface area is 288 Å². The first kappa shape index (κ1) is 37.1. The monoisotopic (exact) mass is 674 g/mol. The molecule has 9 nitrogen and oxygen atoms in total. The van der Waals surface area contributed by atoms with Crippen molar-refractivity contribution in [1.29, 1.82) is 0 Å². The highest BCUT2D eigenvalue weighted by atomic mass is 19.1. The second-order valence-electron chi connectivity index (χ2n) is 14.2. The van der Waals surface area contributed by atoms with Gasteiger partial charge in [-0.3, -0.25) is 14.4 Å². The molecule has 1 saturated heterocycles. The Bertz CT molecular complexity index is 1630. The molecular formula is C39H47FN2O7. The molecule has 3 aromatic rings. The Kier molecular flexibility index (Phi) is 11.5. The number of carbonyl (C=O) groups excluding carboxylic acids is 4. The summed E-state index contributed by atoms with van der Waals surface area (Å²) in [5.74, 6) is -2.91. The van der Waals surface area contributed by atoms with Crippen LogP contribution in [0.4, 0.5) is 9.18 Å². The van der Waals surface area contributed by atoms with E-state index in [1.165, 1.54) is 20.3 Å². The van der Waals surface area contributed by atoms with Crippen molar-refractivity contribution in [3.63, 3.8) is 0 Å². The summed E-state index contributed by atoms with van der Waals surface area (Å²) >= 11 is 0. The predicted molar refractivity (Wildman–Crippen MR) is 185 cm³/mol. The van der Waals surface area contributed by atoms with Crippen LogP contribution in [0.15, 0.2) is 66.7 Å². The molecule has 1 aliphatic rings. The Morgan fingerprint density at radius 1 is 0.816 bits per heavy atom. The first-order valence-electron chi connectivity index (χ1n) is 16.4. The minimum Gasteiger partial charge on any atom is -0.497 e. The number of methoxy groups -OCH3 is 2. The molecule has 49 heavy (non-hydrogen) atoms. The van der Waals surface area contributed by atoms with E-state index in [0.29, 0.717) is 33.8 Å². The number of piperidine rings is 1. The largest absolute Gasteiger partial charge is 0.497 e. The van der Waals surface area contributed by atoms with E-state index in [0.717, 1.165) is 0 Å². The summed E-state index contributed by atoms with van der Waals surface area (Å²) in [6, 6.07) is 18.2. The average molecular weight is 675 g/mol. The number of ether oxygens (including phenoxy) is 3. The van der Waals surface area contributed by atoms with E-state index in [2.05, 4.69) is 5.32 Å². The van der Waals surface area contributed by atoms with Gasteiger partial charge in [-0.2, -0.15) is 0 Å². The molecule has 0 spiro atoms. The zero-order valence-electron chi connectivity index (χ0n) is 29.6. The molecule has 0 aliphatic carbocycles. The number of Topliss-reactive ketones (excluding diaryl/α,β-unsaturated/α-hetero) is 2. The van der Waals surface area contributed by atoms with Crippen LogP contribution < -0.4 is 14.8 Å². The number of rotatable bonds is 11. The molecule has 3 aromatic carbocycles. The number of halogens is 1. The third kappa shape index (κ3) is 8.85. The molecule has 262 valence electrons. The molecule has 1 fully saturated rings. The molecule has 2 atom stereocenters. The van der Waals surface area contributed by atoms with Crippen molar-refractivity contribution in [3.8, 4) is 11.5 Å². The number of nitrogens with one attached hydrogen (secondary N) is 1. The van der Waals surface area contributed by atoms with Gasteiger partial charge in [0, 0.05) is 53.9 Å². The molecule has 1 N–H and O–H groups in total. The van der Waals surface area contributed by atoms with Gasteiger partial charge in [0.1, 0.15) is 22.9 Å². The Balaban J connectivity index is 1.78. The molecule has 2 unspecified atom stereocenters. The predicted octanol–water partition coefficient (Wildman–Crippen LogP) is 7.02. The van der Waals surface area contributed by atoms with Gasteiger partial charge in [-0.1, -0.05) is 50.2 Å². The molecule has 0 saturated carbocycles. The van der Waals surface area contributed by atoms with Crippen LogP contribution in [0.1, 0.15) is 78.8 Å². The molecule has 1 heterocycles. The van der Waals surface area contributed by atoms with Gasteiger partial charge in [0.25, 0.3) is 0 Å². The minimum atomic E-state index is -0.982. The van der Waals surface area contributed by atoms with Gasteiger partial charge in [0.2, 0.25) is 5.91 Å². The fourth-order valence-corrected chi connectivity index (χ4v) is 6.44. The van der Waals surface area contributed by atoms with Crippen LogP contribution in [0.5, 0.6) is 11.5 Å². The molecule has 4 rings (SSSR count). The summed E-state index contributed by atoms with van der Waals surface area (Å²) in [5.41, 5.74) is -0.0709. The van der Waals surface area contributed by atoms with Gasteiger partial charge in [0.05, 0.1) is 14.2 Å². The summed E-state index contributed by atoms with van der Waals surface area (Å²) in [5, 5.41) is 2.71.